The largest absolute Gasteiger partial charge is 0.393 e. The van der Waals surface area contributed by atoms with Gasteiger partial charge < -0.3 is 5.11 Å². The van der Waals surface area contributed by atoms with E-state index in [-0.39, 0.29) is 6.10 Å². The van der Waals surface area contributed by atoms with E-state index in [0.29, 0.717) is 11.8 Å². The second-order valence-electron chi connectivity index (χ2n) is 5.31. The lowest BCUT2D eigenvalue weighted by Crippen LogP contribution is -2.31. The summed E-state index contributed by atoms with van der Waals surface area (Å²) in [6, 6.07) is 0. The molecule has 14 heavy (non-hydrogen) atoms. The molecule has 0 saturated heterocycles. The minimum Gasteiger partial charge on any atom is -0.393 e. The van der Waals surface area contributed by atoms with Crippen LogP contribution in [0.15, 0.2) is 0 Å². The maximum atomic E-state index is 10.1. The number of hydrogen-bond donors (Lipinski definition) is 1. The summed E-state index contributed by atoms with van der Waals surface area (Å²) in [5.74, 6) is 2.01. The molecule has 1 N–H and O–H groups in total. The summed E-state index contributed by atoms with van der Waals surface area (Å²) in [7, 11) is 0. The molecule has 0 aromatic heterocycles. The van der Waals surface area contributed by atoms with E-state index in [4.69, 9.17) is 0 Å². The van der Waals surface area contributed by atoms with Gasteiger partial charge in [0.1, 0.15) is 0 Å². The molecule has 1 rings (SSSR count). The monoisotopic (exact) mass is 198 g/mol. The number of hydrogen-bond acceptors (Lipinski definition) is 1. The van der Waals surface area contributed by atoms with Crippen molar-refractivity contribution in [3.8, 4) is 0 Å². The van der Waals surface area contributed by atoms with Crippen molar-refractivity contribution < 1.29 is 5.11 Å². The molecule has 0 aromatic carbocycles. The van der Waals surface area contributed by atoms with E-state index in [9.17, 15) is 5.11 Å². The van der Waals surface area contributed by atoms with Crippen LogP contribution < -0.4 is 0 Å². The zero-order chi connectivity index (χ0) is 10.6. The molecule has 3 atom stereocenters. The first-order valence-corrected chi connectivity index (χ1v) is 6.33. The molecule has 1 aliphatic rings. The third-order valence-electron chi connectivity index (χ3n) is 3.70. The summed E-state index contributed by atoms with van der Waals surface area (Å²) in [4.78, 5) is 0. The minimum atomic E-state index is -0.0414. The van der Waals surface area contributed by atoms with Crippen molar-refractivity contribution in [2.45, 2.75) is 65.4 Å². The van der Waals surface area contributed by atoms with Gasteiger partial charge in [0.15, 0.2) is 0 Å². The fourth-order valence-electron chi connectivity index (χ4n) is 2.91. The van der Waals surface area contributed by atoms with Crippen molar-refractivity contribution in [3.63, 3.8) is 0 Å². The average molecular weight is 198 g/mol. The van der Waals surface area contributed by atoms with Crippen LogP contribution >= 0.6 is 0 Å². The smallest absolute Gasteiger partial charge is 0.0573 e. The van der Waals surface area contributed by atoms with Gasteiger partial charge in [-0.3, -0.25) is 0 Å². The Balaban J connectivity index is 2.45. The molecule has 0 radical (unpaired) electrons. The molecule has 84 valence electrons. The molecule has 0 aromatic rings. The highest BCUT2D eigenvalue weighted by molar-refractivity contribution is 4.80. The van der Waals surface area contributed by atoms with Gasteiger partial charge in [0, 0.05) is 0 Å². The van der Waals surface area contributed by atoms with Gasteiger partial charge in [0.25, 0.3) is 0 Å². The Morgan fingerprint density at radius 1 is 1.21 bits per heavy atom. The molecule has 1 heteroatoms. The van der Waals surface area contributed by atoms with Crippen molar-refractivity contribution in [3.05, 3.63) is 0 Å². The van der Waals surface area contributed by atoms with Crippen molar-refractivity contribution >= 4 is 0 Å². The van der Waals surface area contributed by atoms with Crippen molar-refractivity contribution in [2.24, 2.45) is 17.8 Å². The Kier molecular flexibility index (Phi) is 4.94. The van der Waals surface area contributed by atoms with Gasteiger partial charge in [-0.25, -0.2) is 0 Å². The van der Waals surface area contributed by atoms with Crippen LogP contribution in [-0.4, -0.2) is 11.2 Å². The maximum Gasteiger partial charge on any atom is 0.0573 e. The second kappa shape index (κ2) is 5.75. The third kappa shape index (κ3) is 3.27. The van der Waals surface area contributed by atoms with Crippen LogP contribution in [0.5, 0.6) is 0 Å². The van der Waals surface area contributed by atoms with Gasteiger partial charge in [0.2, 0.25) is 0 Å². The van der Waals surface area contributed by atoms with E-state index in [1.54, 1.807) is 0 Å². The van der Waals surface area contributed by atoms with E-state index in [2.05, 4.69) is 20.8 Å². The molecular formula is C13H26O. The molecule has 1 nitrogen and oxygen atoms in total. The van der Waals surface area contributed by atoms with Crippen LogP contribution in [-0.2, 0) is 0 Å². The molecule has 1 fully saturated rings. The lowest BCUT2D eigenvalue weighted by molar-refractivity contribution is 0.0317. The fraction of sp³-hybridized carbons (Fsp3) is 1.00. The highest BCUT2D eigenvalue weighted by atomic mass is 16.3. The van der Waals surface area contributed by atoms with E-state index in [0.717, 1.165) is 12.3 Å². The van der Waals surface area contributed by atoms with Gasteiger partial charge in [-0.2, -0.15) is 0 Å². The molecule has 1 aliphatic carbocycles. The fourth-order valence-corrected chi connectivity index (χ4v) is 2.91. The predicted octanol–water partition coefficient (Wildman–Crippen LogP) is 3.61. The Morgan fingerprint density at radius 3 is 2.43 bits per heavy atom. The van der Waals surface area contributed by atoms with Crippen LogP contribution in [0.3, 0.4) is 0 Å². The first-order chi connectivity index (χ1) is 6.65. The number of aliphatic hydroxyl groups is 1. The van der Waals surface area contributed by atoms with Crippen LogP contribution in [0.25, 0.3) is 0 Å². The standard InChI is InChI=1S/C13H26O/c1-4-11-7-5-6-8-12(11)13(14)9-10(2)3/h10-14H,4-9H2,1-3H3. The Bertz CT molecular complexity index is 153. The zero-order valence-electron chi connectivity index (χ0n) is 10.00. The van der Waals surface area contributed by atoms with Crippen molar-refractivity contribution in [1.29, 1.82) is 0 Å². The lowest BCUT2D eigenvalue weighted by Gasteiger charge is -2.35. The SMILES string of the molecule is CCC1CCCCC1C(O)CC(C)C. The van der Waals surface area contributed by atoms with Gasteiger partial charge in [-0.15, -0.1) is 0 Å². The minimum absolute atomic E-state index is 0.0414. The zero-order valence-corrected chi connectivity index (χ0v) is 10.00. The first kappa shape index (κ1) is 12.0. The molecule has 0 aliphatic heterocycles. The highest BCUT2D eigenvalue weighted by Gasteiger charge is 2.29. The Labute approximate surface area is 88.9 Å². The van der Waals surface area contributed by atoms with E-state index in [1.165, 1.54) is 32.1 Å². The summed E-state index contributed by atoms with van der Waals surface area (Å²) < 4.78 is 0. The van der Waals surface area contributed by atoms with Gasteiger partial charge >= 0.3 is 0 Å². The van der Waals surface area contributed by atoms with E-state index < -0.39 is 0 Å². The second-order valence-corrected chi connectivity index (χ2v) is 5.31. The Hall–Kier alpha value is -0.0400. The summed E-state index contributed by atoms with van der Waals surface area (Å²) in [5.41, 5.74) is 0. The summed E-state index contributed by atoms with van der Waals surface area (Å²) in [5, 5.41) is 10.1. The van der Waals surface area contributed by atoms with Crippen molar-refractivity contribution in [1.82, 2.24) is 0 Å². The summed E-state index contributed by atoms with van der Waals surface area (Å²) >= 11 is 0. The third-order valence-corrected chi connectivity index (χ3v) is 3.70. The van der Waals surface area contributed by atoms with Crippen LogP contribution in [0.4, 0.5) is 0 Å². The lowest BCUT2D eigenvalue weighted by atomic mass is 9.73. The van der Waals surface area contributed by atoms with Gasteiger partial charge in [-0.1, -0.05) is 46.5 Å². The quantitative estimate of drug-likeness (QED) is 0.731. The number of rotatable bonds is 4. The molecule has 0 amide bonds. The van der Waals surface area contributed by atoms with Gasteiger partial charge in [-0.05, 0) is 30.6 Å². The molecular weight excluding hydrogens is 172 g/mol. The average Bonchev–Trinajstić information content (AvgIpc) is 2.16. The molecule has 0 spiro atoms. The number of aliphatic hydroxyl groups excluding tert-OH is 1. The molecule has 0 bridgehead atoms. The Morgan fingerprint density at radius 2 is 1.86 bits per heavy atom. The topological polar surface area (TPSA) is 20.2 Å². The summed E-state index contributed by atoms with van der Waals surface area (Å²) in [6.07, 6.45) is 7.50. The van der Waals surface area contributed by atoms with Crippen LogP contribution in [0.2, 0.25) is 0 Å². The maximum absolute atomic E-state index is 10.1. The van der Waals surface area contributed by atoms with Gasteiger partial charge in [0.05, 0.1) is 6.10 Å². The summed E-state index contributed by atoms with van der Waals surface area (Å²) in [6.45, 7) is 6.67. The highest BCUT2D eigenvalue weighted by Crippen LogP contribution is 2.35. The van der Waals surface area contributed by atoms with Crippen LogP contribution in [0, 0.1) is 17.8 Å². The van der Waals surface area contributed by atoms with Crippen molar-refractivity contribution in [2.75, 3.05) is 0 Å². The predicted molar refractivity (Wildman–Crippen MR) is 61.2 cm³/mol. The molecule has 1 saturated carbocycles. The van der Waals surface area contributed by atoms with E-state index >= 15 is 0 Å². The normalized spacial score (nSPS) is 30.6. The van der Waals surface area contributed by atoms with Crippen LogP contribution in [0.1, 0.15) is 59.3 Å². The first-order valence-electron chi connectivity index (χ1n) is 6.33. The molecule has 0 heterocycles. The molecule has 3 unspecified atom stereocenters. The van der Waals surface area contributed by atoms with E-state index in [1.807, 2.05) is 0 Å².